The average Bonchev–Trinajstić information content (AvgIpc) is 2.10. The first-order valence-corrected chi connectivity index (χ1v) is 5.70. The fraction of sp³-hybridized carbons (Fsp3) is 0.889. The van der Waals surface area contributed by atoms with E-state index in [4.69, 9.17) is 5.11 Å². The summed E-state index contributed by atoms with van der Waals surface area (Å²) in [6.07, 6.45) is 3.25. The van der Waals surface area contributed by atoms with Crippen molar-refractivity contribution in [2.24, 2.45) is 0 Å². The molecule has 0 saturated heterocycles. The Morgan fingerprint density at radius 2 is 2.23 bits per heavy atom. The Kier molecular flexibility index (Phi) is 8.24. The lowest BCUT2D eigenvalue weighted by Crippen LogP contribution is -2.33. The van der Waals surface area contributed by atoms with Gasteiger partial charge in [-0.25, -0.2) is 0 Å². The van der Waals surface area contributed by atoms with E-state index in [0.29, 0.717) is 18.6 Å². The number of hydrogen-bond donors (Lipinski definition) is 1. The molecule has 1 unspecified atom stereocenters. The maximum Gasteiger partial charge on any atom is 0.0544 e. The molecule has 4 heteroatoms. The summed E-state index contributed by atoms with van der Waals surface area (Å²) >= 11 is 1.37. The van der Waals surface area contributed by atoms with Crippen molar-refractivity contribution in [2.45, 2.75) is 37.9 Å². The zero-order chi connectivity index (χ0) is 10.1. The van der Waals surface area contributed by atoms with Crippen LogP contribution in [0.5, 0.6) is 0 Å². The molecule has 0 amide bonds. The van der Waals surface area contributed by atoms with Crippen LogP contribution in [0.4, 0.5) is 0 Å². The van der Waals surface area contributed by atoms with Crippen molar-refractivity contribution < 1.29 is 15.0 Å². The van der Waals surface area contributed by atoms with Crippen molar-refractivity contribution in [3.63, 3.8) is 0 Å². The molecule has 0 fully saturated rings. The van der Waals surface area contributed by atoms with E-state index in [9.17, 15) is 9.90 Å². The predicted molar refractivity (Wildman–Crippen MR) is 52.5 cm³/mol. The molecule has 0 spiro atoms. The molecule has 0 heterocycles. The Balaban J connectivity index is 3.61. The summed E-state index contributed by atoms with van der Waals surface area (Å²) < 4.78 is 0. The Morgan fingerprint density at radius 3 is 2.69 bits per heavy atom. The van der Waals surface area contributed by atoms with Crippen molar-refractivity contribution in [3.8, 4) is 0 Å². The number of thioether (sulfide) groups is 1. The van der Waals surface area contributed by atoms with Gasteiger partial charge >= 0.3 is 0 Å². The molecule has 0 rings (SSSR count). The van der Waals surface area contributed by atoms with Gasteiger partial charge < -0.3 is 15.0 Å². The van der Waals surface area contributed by atoms with Gasteiger partial charge in [-0.3, -0.25) is 0 Å². The maximum atomic E-state index is 10.6. The van der Waals surface area contributed by atoms with Gasteiger partial charge in [-0.2, -0.15) is 11.8 Å². The molecule has 0 aromatic rings. The molecule has 0 saturated carbocycles. The lowest BCUT2D eigenvalue weighted by Gasteiger charge is -2.16. The van der Waals surface area contributed by atoms with E-state index in [-0.39, 0.29) is 6.61 Å². The third-order valence-electron chi connectivity index (χ3n) is 1.70. The summed E-state index contributed by atoms with van der Waals surface area (Å²) in [6, 6.07) is 0. The first-order chi connectivity index (χ1) is 6.22. The van der Waals surface area contributed by atoms with E-state index in [2.05, 4.69) is 0 Å². The van der Waals surface area contributed by atoms with E-state index >= 15 is 0 Å². The lowest BCUT2D eigenvalue weighted by molar-refractivity contribution is -0.304. The number of hydrogen-bond acceptors (Lipinski definition) is 4. The minimum Gasteiger partial charge on any atom is -0.549 e. The maximum absolute atomic E-state index is 10.6. The highest BCUT2D eigenvalue weighted by molar-refractivity contribution is 8.00. The van der Waals surface area contributed by atoms with Gasteiger partial charge in [-0.15, -0.1) is 0 Å². The van der Waals surface area contributed by atoms with E-state index in [1.807, 2.05) is 6.92 Å². The number of carbonyl (C=O) groups is 1. The highest BCUT2D eigenvalue weighted by atomic mass is 32.2. The van der Waals surface area contributed by atoms with Gasteiger partial charge in [0.15, 0.2) is 0 Å². The second kappa shape index (κ2) is 8.38. The third-order valence-corrected chi connectivity index (χ3v) is 3.06. The Morgan fingerprint density at radius 1 is 1.54 bits per heavy atom. The van der Waals surface area contributed by atoms with Crippen LogP contribution in [0.25, 0.3) is 0 Å². The van der Waals surface area contributed by atoms with Crippen molar-refractivity contribution in [3.05, 3.63) is 0 Å². The van der Waals surface area contributed by atoms with Crippen molar-refractivity contribution in [1.82, 2.24) is 0 Å². The molecule has 1 atom stereocenters. The van der Waals surface area contributed by atoms with Gasteiger partial charge in [-0.05, 0) is 18.6 Å². The minimum atomic E-state index is -0.976. The van der Waals surface area contributed by atoms with Crippen LogP contribution in [-0.2, 0) is 4.79 Å². The summed E-state index contributed by atoms with van der Waals surface area (Å²) in [4.78, 5) is 10.6. The zero-order valence-electron chi connectivity index (χ0n) is 7.99. The molecule has 0 aromatic carbocycles. The van der Waals surface area contributed by atoms with Crippen LogP contribution >= 0.6 is 11.8 Å². The highest BCUT2D eigenvalue weighted by Crippen LogP contribution is 2.17. The van der Waals surface area contributed by atoms with E-state index < -0.39 is 11.2 Å². The van der Waals surface area contributed by atoms with E-state index in [1.165, 1.54) is 11.8 Å². The Bertz CT molecular complexity index is 139. The Hall–Kier alpha value is -0.220. The Labute approximate surface area is 83.5 Å². The number of rotatable bonds is 8. The molecule has 0 aliphatic carbocycles. The SMILES string of the molecule is CCCCC(SCCCO)C(=O)[O-]. The molecule has 0 aliphatic rings. The minimum absolute atomic E-state index is 0.126. The molecule has 1 N–H and O–H groups in total. The fourth-order valence-corrected chi connectivity index (χ4v) is 2.00. The van der Waals surface area contributed by atoms with Crippen LogP contribution in [0.2, 0.25) is 0 Å². The smallest absolute Gasteiger partial charge is 0.0544 e. The number of aliphatic hydroxyl groups excluding tert-OH is 1. The average molecular weight is 205 g/mol. The van der Waals surface area contributed by atoms with E-state index in [1.54, 1.807) is 0 Å². The molecule has 13 heavy (non-hydrogen) atoms. The molecule has 0 radical (unpaired) electrons. The van der Waals surface area contributed by atoms with Crippen LogP contribution in [0.1, 0.15) is 32.6 Å². The van der Waals surface area contributed by atoms with Gasteiger partial charge in [0.05, 0.1) is 5.97 Å². The molecule has 0 bridgehead atoms. The summed E-state index contributed by atoms with van der Waals surface area (Å²) in [7, 11) is 0. The number of unbranched alkanes of at least 4 members (excludes halogenated alkanes) is 1. The normalized spacial score (nSPS) is 12.8. The van der Waals surface area contributed by atoms with Gasteiger partial charge in [0.1, 0.15) is 0 Å². The first-order valence-electron chi connectivity index (χ1n) is 4.65. The largest absolute Gasteiger partial charge is 0.549 e. The summed E-state index contributed by atoms with van der Waals surface area (Å²) in [6.45, 7) is 2.16. The molecular weight excluding hydrogens is 188 g/mol. The van der Waals surface area contributed by atoms with Crippen molar-refractivity contribution in [1.29, 1.82) is 0 Å². The zero-order valence-corrected chi connectivity index (χ0v) is 8.81. The number of carboxylic acids is 1. The van der Waals surface area contributed by atoms with Crippen molar-refractivity contribution in [2.75, 3.05) is 12.4 Å². The number of carbonyl (C=O) groups excluding carboxylic acids is 1. The van der Waals surface area contributed by atoms with Crippen LogP contribution in [0, 0.1) is 0 Å². The molecular formula is C9H17O3S-. The molecule has 0 aliphatic heterocycles. The van der Waals surface area contributed by atoms with Crippen LogP contribution < -0.4 is 5.11 Å². The molecule has 0 aromatic heterocycles. The van der Waals surface area contributed by atoms with Crippen LogP contribution in [-0.4, -0.2) is 28.7 Å². The number of aliphatic hydroxyl groups is 1. The monoisotopic (exact) mass is 205 g/mol. The van der Waals surface area contributed by atoms with Crippen LogP contribution in [0.3, 0.4) is 0 Å². The second-order valence-corrected chi connectivity index (χ2v) is 4.21. The van der Waals surface area contributed by atoms with Gasteiger partial charge in [-0.1, -0.05) is 19.8 Å². The van der Waals surface area contributed by atoms with Crippen molar-refractivity contribution >= 4 is 17.7 Å². The van der Waals surface area contributed by atoms with Gasteiger partial charge in [0.25, 0.3) is 0 Å². The van der Waals surface area contributed by atoms with Gasteiger partial charge in [0, 0.05) is 11.9 Å². The van der Waals surface area contributed by atoms with Crippen LogP contribution in [0.15, 0.2) is 0 Å². The summed E-state index contributed by atoms with van der Waals surface area (Å²) in [5.41, 5.74) is 0. The predicted octanol–water partition coefficient (Wildman–Crippen LogP) is 0.411. The lowest BCUT2D eigenvalue weighted by atomic mass is 10.2. The third kappa shape index (κ3) is 6.90. The second-order valence-electron chi connectivity index (χ2n) is 2.90. The summed E-state index contributed by atoms with van der Waals surface area (Å²) in [5, 5.41) is 18.7. The standard InChI is InChI=1S/C9H18O3S/c1-2-3-5-8(9(11)12)13-7-4-6-10/h8,10H,2-7H2,1H3,(H,11,12)/p-1. The number of aliphatic carboxylic acids is 1. The fourth-order valence-electron chi connectivity index (χ4n) is 0.949. The highest BCUT2D eigenvalue weighted by Gasteiger charge is 2.08. The number of carboxylic acid groups (broad SMARTS) is 1. The molecule has 78 valence electrons. The topological polar surface area (TPSA) is 60.4 Å². The first kappa shape index (κ1) is 12.8. The molecule has 3 nitrogen and oxygen atoms in total. The van der Waals surface area contributed by atoms with E-state index in [0.717, 1.165) is 12.8 Å². The quantitative estimate of drug-likeness (QED) is 0.583. The van der Waals surface area contributed by atoms with Gasteiger partial charge in [0.2, 0.25) is 0 Å². The summed E-state index contributed by atoms with van der Waals surface area (Å²) in [5.74, 6) is -0.282.